The summed E-state index contributed by atoms with van der Waals surface area (Å²) < 4.78 is 11.2. The summed E-state index contributed by atoms with van der Waals surface area (Å²) in [4.78, 5) is 6.96. The second kappa shape index (κ2) is 13.3. The highest BCUT2D eigenvalue weighted by molar-refractivity contribution is 14.0. The summed E-state index contributed by atoms with van der Waals surface area (Å²) in [6, 6.07) is 19.5. The van der Waals surface area contributed by atoms with Crippen LogP contribution < -0.4 is 10.6 Å². The molecule has 33 heavy (non-hydrogen) atoms. The van der Waals surface area contributed by atoms with Crippen LogP contribution in [0.15, 0.2) is 59.6 Å². The van der Waals surface area contributed by atoms with Gasteiger partial charge in [-0.1, -0.05) is 54.6 Å². The van der Waals surface area contributed by atoms with Gasteiger partial charge >= 0.3 is 0 Å². The number of halogens is 1. The average molecular weight is 565 g/mol. The molecule has 0 saturated carbocycles. The predicted octanol–water partition coefficient (Wildman–Crippen LogP) is 3.55. The summed E-state index contributed by atoms with van der Waals surface area (Å²) in [6.07, 6.45) is 2.03. The number of hydrogen-bond donors (Lipinski definition) is 2. The lowest BCUT2D eigenvalue weighted by Crippen LogP contribution is -2.48. The van der Waals surface area contributed by atoms with Crippen LogP contribution in [0.1, 0.15) is 29.5 Å². The number of morpholine rings is 1. The molecule has 0 unspecified atom stereocenters. The van der Waals surface area contributed by atoms with Gasteiger partial charge in [0.1, 0.15) is 0 Å². The third kappa shape index (κ3) is 7.15. The van der Waals surface area contributed by atoms with Crippen molar-refractivity contribution < 1.29 is 9.47 Å². The molecule has 2 saturated heterocycles. The third-order valence-electron chi connectivity index (χ3n) is 6.72. The van der Waals surface area contributed by atoms with Crippen LogP contribution in [0.5, 0.6) is 0 Å². The van der Waals surface area contributed by atoms with Crippen molar-refractivity contribution in [1.29, 1.82) is 0 Å². The maximum Gasteiger partial charge on any atom is 0.191 e. The van der Waals surface area contributed by atoms with Gasteiger partial charge in [-0.25, -0.2) is 0 Å². The molecule has 2 heterocycles. The fraction of sp³-hybridized carbons (Fsp3) is 0.500. The third-order valence-corrected chi connectivity index (χ3v) is 6.72. The first-order valence-electron chi connectivity index (χ1n) is 11.7. The normalized spacial score (nSPS) is 18.9. The lowest BCUT2D eigenvalue weighted by molar-refractivity contribution is 0.0341. The summed E-state index contributed by atoms with van der Waals surface area (Å²) in [5.74, 6) is 0.841. The molecule has 0 bridgehead atoms. The van der Waals surface area contributed by atoms with Crippen LogP contribution >= 0.6 is 24.0 Å². The predicted molar refractivity (Wildman–Crippen MR) is 144 cm³/mol. The van der Waals surface area contributed by atoms with E-state index >= 15 is 0 Å². The number of hydrogen-bond acceptors (Lipinski definition) is 4. The first-order valence-corrected chi connectivity index (χ1v) is 11.7. The van der Waals surface area contributed by atoms with E-state index in [1.54, 1.807) is 0 Å². The van der Waals surface area contributed by atoms with E-state index in [0.717, 1.165) is 78.0 Å². The molecule has 0 amide bonds. The minimum Gasteiger partial charge on any atom is -0.381 e. The van der Waals surface area contributed by atoms with Gasteiger partial charge in [0, 0.05) is 58.4 Å². The molecule has 2 fully saturated rings. The zero-order valence-electron chi connectivity index (χ0n) is 19.6. The molecule has 7 heteroatoms. The Hall–Kier alpha value is -1.68. The van der Waals surface area contributed by atoms with E-state index in [-0.39, 0.29) is 29.4 Å². The molecule has 0 atom stereocenters. The molecule has 0 aromatic heterocycles. The Balaban J connectivity index is 0.00000306. The summed E-state index contributed by atoms with van der Waals surface area (Å²) in [5.41, 5.74) is 4.13. The summed E-state index contributed by atoms with van der Waals surface area (Å²) in [7, 11) is 1.84. The fourth-order valence-corrected chi connectivity index (χ4v) is 4.66. The van der Waals surface area contributed by atoms with Gasteiger partial charge in [0.15, 0.2) is 5.96 Å². The van der Waals surface area contributed by atoms with E-state index in [4.69, 9.17) is 9.47 Å². The van der Waals surface area contributed by atoms with E-state index < -0.39 is 0 Å². The van der Waals surface area contributed by atoms with Crippen molar-refractivity contribution in [2.75, 3.05) is 53.1 Å². The van der Waals surface area contributed by atoms with Gasteiger partial charge < -0.3 is 20.1 Å². The lowest BCUT2D eigenvalue weighted by Gasteiger charge is -2.38. The monoisotopic (exact) mass is 564 g/mol. The van der Waals surface area contributed by atoms with Gasteiger partial charge in [0.05, 0.1) is 13.2 Å². The molecule has 0 radical (unpaired) electrons. The largest absolute Gasteiger partial charge is 0.381 e. The second-order valence-electron chi connectivity index (χ2n) is 8.70. The van der Waals surface area contributed by atoms with E-state index in [2.05, 4.69) is 75.1 Å². The van der Waals surface area contributed by atoms with Gasteiger partial charge in [-0.05, 0) is 29.5 Å². The van der Waals surface area contributed by atoms with Crippen molar-refractivity contribution in [1.82, 2.24) is 15.5 Å². The number of nitrogens with zero attached hydrogens (tertiary/aromatic N) is 2. The van der Waals surface area contributed by atoms with Gasteiger partial charge in [-0.2, -0.15) is 0 Å². The van der Waals surface area contributed by atoms with Gasteiger partial charge in [0.2, 0.25) is 0 Å². The topological polar surface area (TPSA) is 58.1 Å². The zero-order chi connectivity index (χ0) is 22.1. The molecule has 180 valence electrons. The number of aliphatic imine (C=N–C) groups is 1. The van der Waals surface area contributed by atoms with Crippen molar-refractivity contribution in [3.05, 3.63) is 71.3 Å². The average Bonchev–Trinajstić information content (AvgIpc) is 2.87. The van der Waals surface area contributed by atoms with Crippen LogP contribution in [0.2, 0.25) is 0 Å². The van der Waals surface area contributed by atoms with E-state index in [1.165, 1.54) is 16.7 Å². The molecule has 2 aromatic carbocycles. The lowest BCUT2D eigenvalue weighted by atomic mass is 9.74. The van der Waals surface area contributed by atoms with E-state index in [1.807, 2.05) is 7.05 Å². The van der Waals surface area contributed by atoms with Crippen LogP contribution in [0, 0.1) is 0 Å². The van der Waals surface area contributed by atoms with Gasteiger partial charge in [-0.3, -0.25) is 9.89 Å². The second-order valence-corrected chi connectivity index (χ2v) is 8.70. The number of rotatable bonds is 7. The highest BCUT2D eigenvalue weighted by Gasteiger charge is 2.34. The molecular formula is C26H37IN4O2. The van der Waals surface area contributed by atoms with Gasteiger partial charge in [0.25, 0.3) is 0 Å². The molecule has 0 aliphatic carbocycles. The Morgan fingerprint density at radius 2 is 1.52 bits per heavy atom. The van der Waals surface area contributed by atoms with Crippen LogP contribution in [-0.2, 0) is 28.0 Å². The van der Waals surface area contributed by atoms with Crippen molar-refractivity contribution in [3.8, 4) is 0 Å². The standard InChI is InChI=1S/C26H36N4O2.HI/c1-27-25(29-21-26(11-15-31-16-12-26)24-9-3-2-4-10-24)28-19-22-7-5-6-8-23(22)20-30-13-17-32-18-14-30;/h2-10H,11-21H2,1H3,(H2,27,28,29);1H. The Morgan fingerprint density at radius 3 is 2.21 bits per heavy atom. The Morgan fingerprint density at radius 1 is 0.879 bits per heavy atom. The summed E-state index contributed by atoms with van der Waals surface area (Å²) in [6.45, 7) is 7.80. The highest BCUT2D eigenvalue weighted by Crippen LogP contribution is 2.34. The van der Waals surface area contributed by atoms with Crippen molar-refractivity contribution in [2.45, 2.75) is 31.3 Å². The van der Waals surface area contributed by atoms with Crippen molar-refractivity contribution >= 4 is 29.9 Å². The van der Waals surface area contributed by atoms with Crippen LogP contribution in [-0.4, -0.2) is 64.0 Å². The summed E-state index contributed by atoms with van der Waals surface area (Å²) >= 11 is 0. The molecule has 0 spiro atoms. The maximum absolute atomic E-state index is 5.67. The van der Waals surface area contributed by atoms with Gasteiger partial charge in [-0.15, -0.1) is 24.0 Å². The van der Waals surface area contributed by atoms with Crippen molar-refractivity contribution in [3.63, 3.8) is 0 Å². The van der Waals surface area contributed by atoms with Crippen LogP contribution in [0.3, 0.4) is 0 Å². The van der Waals surface area contributed by atoms with E-state index in [9.17, 15) is 0 Å². The number of nitrogens with one attached hydrogen (secondary N) is 2. The molecule has 6 nitrogen and oxygen atoms in total. The SMILES string of the molecule is CN=C(NCc1ccccc1CN1CCOCC1)NCC1(c2ccccc2)CCOCC1.I. The number of benzene rings is 2. The maximum atomic E-state index is 5.67. The molecule has 2 aromatic rings. The highest BCUT2D eigenvalue weighted by atomic mass is 127. The van der Waals surface area contributed by atoms with Crippen LogP contribution in [0.4, 0.5) is 0 Å². The molecular weight excluding hydrogens is 527 g/mol. The molecule has 2 N–H and O–H groups in total. The smallest absolute Gasteiger partial charge is 0.191 e. The quantitative estimate of drug-likeness (QED) is 0.306. The molecule has 2 aliphatic heterocycles. The first-order chi connectivity index (χ1) is 15.8. The number of ether oxygens (including phenoxy) is 2. The Kier molecular flexibility index (Phi) is 10.4. The fourth-order valence-electron chi connectivity index (χ4n) is 4.66. The number of guanidine groups is 1. The first kappa shape index (κ1) is 25.9. The summed E-state index contributed by atoms with van der Waals surface area (Å²) in [5, 5.41) is 7.14. The molecule has 4 rings (SSSR count). The van der Waals surface area contributed by atoms with E-state index in [0.29, 0.717) is 0 Å². The Bertz CT molecular complexity index is 866. The minimum absolute atomic E-state index is 0. The zero-order valence-corrected chi connectivity index (χ0v) is 21.9. The Labute approximate surface area is 215 Å². The molecule has 2 aliphatic rings. The minimum atomic E-state index is 0. The van der Waals surface area contributed by atoms with Crippen LogP contribution in [0.25, 0.3) is 0 Å². The van der Waals surface area contributed by atoms with Crippen molar-refractivity contribution in [2.24, 2.45) is 4.99 Å².